The van der Waals surface area contributed by atoms with E-state index in [0.29, 0.717) is 0 Å². The number of aryl methyl sites for hydroxylation is 2. The van der Waals surface area contributed by atoms with E-state index >= 15 is 0 Å². The van der Waals surface area contributed by atoms with Crippen molar-refractivity contribution in [3.8, 4) is 0 Å². The average molecular weight is 323 g/mol. The molecule has 1 aromatic carbocycles. The molecule has 0 saturated carbocycles. The number of rotatable bonds is 10. The van der Waals surface area contributed by atoms with Crippen LogP contribution in [0.3, 0.4) is 0 Å². The molecule has 0 spiro atoms. The first-order chi connectivity index (χ1) is 10.4. The summed E-state index contributed by atoms with van der Waals surface area (Å²) in [6.07, 6.45) is 8.45. The van der Waals surface area contributed by atoms with Gasteiger partial charge in [0.15, 0.2) is 0 Å². The van der Waals surface area contributed by atoms with E-state index in [0.717, 1.165) is 19.4 Å². The van der Waals surface area contributed by atoms with Gasteiger partial charge < -0.3 is 10.3 Å². The molecular formula is C19H34NOP. The van der Waals surface area contributed by atoms with Gasteiger partial charge in [0.2, 0.25) is 0 Å². The minimum atomic E-state index is -0.309. The molecule has 0 saturated heterocycles. The second-order valence-corrected chi connectivity index (χ2v) is 9.11. The SMILES string of the molecule is Cc1ccc(CCCP(CCCCCN)OC(C)(C)C)cc1. The highest BCUT2D eigenvalue weighted by Gasteiger charge is 2.18. The van der Waals surface area contributed by atoms with E-state index in [1.54, 1.807) is 0 Å². The topological polar surface area (TPSA) is 35.2 Å². The molecule has 0 heterocycles. The minimum absolute atomic E-state index is 0.0244. The zero-order valence-electron chi connectivity index (χ0n) is 14.9. The molecule has 0 radical (unpaired) electrons. The van der Waals surface area contributed by atoms with Gasteiger partial charge in [-0.25, -0.2) is 0 Å². The zero-order valence-corrected chi connectivity index (χ0v) is 15.8. The Morgan fingerprint density at radius 3 is 2.18 bits per heavy atom. The van der Waals surface area contributed by atoms with Crippen LogP contribution in [0.15, 0.2) is 24.3 Å². The highest BCUT2D eigenvalue weighted by Crippen LogP contribution is 2.43. The Balaban J connectivity index is 2.37. The number of hydrogen-bond donors (Lipinski definition) is 1. The fourth-order valence-electron chi connectivity index (χ4n) is 2.41. The molecule has 2 N–H and O–H groups in total. The number of benzene rings is 1. The summed E-state index contributed by atoms with van der Waals surface area (Å²) in [5.74, 6) is 0. The smallest absolute Gasteiger partial charge is 0.0641 e. The van der Waals surface area contributed by atoms with Crippen molar-refractivity contribution in [3.05, 3.63) is 35.4 Å². The molecule has 0 aliphatic heterocycles. The lowest BCUT2D eigenvalue weighted by Gasteiger charge is -2.27. The van der Waals surface area contributed by atoms with Gasteiger partial charge in [0, 0.05) is 8.15 Å². The van der Waals surface area contributed by atoms with Gasteiger partial charge in [0.1, 0.15) is 0 Å². The molecule has 2 nitrogen and oxygen atoms in total. The predicted octanol–water partition coefficient (Wildman–Crippen LogP) is 5.27. The molecule has 1 aromatic rings. The van der Waals surface area contributed by atoms with Crippen molar-refractivity contribution in [2.75, 3.05) is 18.9 Å². The summed E-state index contributed by atoms with van der Waals surface area (Å²) in [5.41, 5.74) is 8.33. The quantitative estimate of drug-likeness (QED) is 0.470. The van der Waals surface area contributed by atoms with E-state index in [4.69, 9.17) is 10.3 Å². The minimum Gasteiger partial charge on any atom is -0.354 e. The van der Waals surface area contributed by atoms with Gasteiger partial charge in [-0.15, -0.1) is 0 Å². The highest BCUT2D eigenvalue weighted by atomic mass is 31.1. The maximum atomic E-state index is 6.31. The van der Waals surface area contributed by atoms with E-state index in [1.165, 1.54) is 42.7 Å². The summed E-state index contributed by atoms with van der Waals surface area (Å²) in [6, 6.07) is 8.92. The van der Waals surface area contributed by atoms with Crippen LogP contribution in [-0.4, -0.2) is 24.5 Å². The van der Waals surface area contributed by atoms with Crippen LogP contribution in [0.2, 0.25) is 0 Å². The van der Waals surface area contributed by atoms with E-state index in [2.05, 4.69) is 52.0 Å². The molecule has 0 aliphatic carbocycles. The molecule has 1 unspecified atom stereocenters. The summed E-state index contributed by atoms with van der Waals surface area (Å²) in [6.45, 7) is 9.46. The van der Waals surface area contributed by atoms with Crippen molar-refractivity contribution < 1.29 is 4.52 Å². The molecule has 1 rings (SSSR count). The normalized spacial score (nSPS) is 13.3. The Bertz CT molecular complexity index is 397. The lowest BCUT2D eigenvalue weighted by atomic mass is 10.1. The first-order valence-corrected chi connectivity index (χ1v) is 10.2. The molecule has 0 aromatic heterocycles. The highest BCUT2D eigenvalue weighted by molar-refractivity contribution is 7.52. The van der Waals surface area contributed by atoms with Crippen LogP contribution in [0.25, 0.3) is 0 Å². The first kappa shape index (κ1) is 19.6. The van der Waals surface area contributed by atoms with Crippen molar-refractivity contribution >= 4 is 8.15 Å². The van der Waals surface area contributed by atoms with Gasteiger partial charge in [-0.05, 0) is 77.8 Å². The summed E-state index contributed by atoms with van der Waals surface area (Å²) < 4.78 is 6.31. The van der Waals surface area contributed by atoms with Crippen molar-refractivity contribution in [3.63, 3.8) is 0 Å². The second-order valence-electron chi connectivity index (χ2n) is 7.07. The van der Waals surface area contributed by atoms with E-state index < -0.39 is 0 Å². The fourth-order valence-corrected chi connectivity index (χ4v) is 4.68. The van der Waals surface area contributed by atoms with Gasteiger partial charge in [-0.2, -0.15) is 0 Å². The fraction of sp³-hybridized carbons (Fsp3) is 0.684. The Labute approximate surface area is 138 Å². The summed E-state index contributed by atoms with van der Waals surface area (Å²) >= 11 is 0. The molecule has 0 fully saturated rings. The Hall–Kier alpha value is -0.430. The van der Waals surface area contributed by atoms with Crippen LogP contribution in [0, 0.1) is 6.92 Å². The largest absolute Gasteiger partial charge is 0.354 e. The molecule has 0 bridgehead atoms. The van der Waals surface area contributed by atoms with Crippen molar-refractivity contribution in [2.45, 2.75) is 65.4 Å². The van der Waals surface area contributed by atoms with Crippen molar-refractivity contribution in [1.29, 1.82) is 0 Å². The van der Waals surface area contributed by atoms with Crippen LogP contribution >= 0.6 is 8.15 Å². The molecule has 126 valence electrons. The summed E-state index contributed by atoms with van der Waals surface area (Å²) in [4.78, 5) is 0. The average Bonchev–Trinajstić information content (AvgIpc) is 2.44. The molecule has 3 heteroatoms. The second kappa shape index (κ2) is 10.4. The lowest BCUT2D eigenvalue weighted by molar-refractivity contribution is 0.150. The van der Waals surface area contributed by atoms with Gasteiger partial charge in [0.25, 0.3) is 0 Å². The number of hydrogen-bond acceptors (Lipinski definition) is 2. The van der Waals surface area contributed by atoms with Crippen molar-refractivity contribution in [1.82, 2.24) is 0 Å². The lowest BCUT2D eigenvalue weighted by Crippen LogP contribution is -2.17. The third-order valence-electron chi connectivity index (χ3n) is 3.51. The number of unbranched alkanes of at least 4 members (excludes halogenated alkanes) is 2. The van der Waals surface area contributed by atoms with E-state index in [1.807, 2.05) is 0 Å². The van der Waals surface area contributed by atoms with E-state index in [-0.39, 0.29) is 13.7 Å². The van der Waals surface area contributed by atoms with Crippen LogP contribution in [-0.2, 0) is 10.9 Å². The molecule has 22 heavy (non-hydrogen) atoms. The molecule has 1 atom stereocenters. The molecule has 0 amide bonds. The molecule has 0 aliphatic rings. The van der Waals surface area contributed by atoms with Gasteiger partial charge in [0.05, 0.1) is 5.60 Å². The van der Waals surface area contributed by atoms with E-state index in [9.17, 15) is 0 Å². The van der Waals surface area contributed by atoms with Crippen LogP contribution in [0.5, 0.6) is 0 Å². The predicted molar refractivity (Wildman–Crippen MR) is 99.9 cm³/mol. The van der Waals surface area contributed by atoms with Gasteiger partial charge >= 0.3 is 0 Å². The zero-order chi connectivity index (χ0) is 16.4. The number of nitrogens with two attached hydrogens (primary N) is 1. The third-order valence-corrected chi connectivity index (χ3v) is 5.94. The summed E-state index contributed by atoms with van der Waals surface area (Å²) in [5, 5.41) is 0. The van der Waals surface area contributed by atoms with Crippen molar-refractivity contribution in [2.24, 2.45) is 5.73 Å². The standard InChI is InChI=1S/C19H34NOP/c1-17-10-12-18(13-11-17)9-8-16-22(21-19(2,3)4)15-7-5-6-14-20/h10-13H,5-9,14-16,20H2,1-4H3. The molecular weight excluding hydrogens is 289 g/mol. The summed E-state index contributed by atoms with van der Waals surface area (Å²) in [7, 11) is -0.309. The monoisotopic (exact) mass is 323 g/mol. The van der Waals surface area contributed by atoms with Crippen LogP contribution in [0.4, 0.5) is 0 Å². The van der Waals surface area contributed by atoms with Crippen LogP contribution in [0.1, 0.15) is 57.6 Å². The maximum absolute atomic E-state index is 6.31. The Morgan fingerprint density at radius 1 is 0.955 bits per heavy atom. The Morgan fingerprint density at radius 2 is 1.59 bits per heavy atom. The first-order valence-electron chi connectivity index (χ1n) is 8.60. The van der Waals surface area contributed by atoms with Gasteiger partial charge in [-0.3, -0.25) is 0 Å². The Kier molecular flexibility index (Phi) is 9.24. The van der Waals surface area contributed by atoms with Crippen LogP contribution < -0.4 is 5.73 Å². The third kappa shape index (κ3) is 9.56. The maximum Gasteiger partial charge on any atom is 0.0641 e. The van der Waals surface area contributed by atoms with Gasteiger partial charge in [-0.1, -0.05) is 36.2 Å².